The summed E-state index contributed by atoms with van der Waals surface area (Å²) in [6.45, 7) is 4.35. The summed E-state index contributed by atoms with van der Waals surface area (Å²) >= 11 is 0. The second-order valence-corrected chi connectivity index (χ2v) is 19.9. The first-order valence-corrected chi connectivity index (χ1v) is 26.7. The second kappa shape index (κ2) is 39.1. The van der Waals surface area contributed by atoms with Gasteiger partial charge < -0.3 is 34.8 Å². The van der Waals surface area contributed by atoms with Crippen LogP contribution in [-0.4, -0.2) is 93.9 Å². The highest BCUT2D eigenvalue weighted by atomic mass is 31.2. The Labute approximate surface area is 387 Å². The zero-order chi connectivity index (χ0) is 47.3. The summed E-state index contributed by atoms with van der Waals surface area (Å²) in [6.07, 6.45) is 32.2. The summed E-state index contributed by atoms with van der Waals surface area (Å²) < 4.78 is 32.8. The lowest BCUT2D eigenvalue weighted by molar-refractivity contribution is -0.161. The molecule has 1 rings (SSSR count). The smallest absolute Gasteiger partial charge is 0.462 e. The SMILES string of the molecule is CCCCC[C@H](O)/C=C/[C@H]1[C@H](O)CC(=O)[C@@H]1C/C=C\CCCC(=O)O[C@H](COC(=O)CCCCCCCCCCCCCCCCCCCCC(C)C)COP(=O)(O)OC[C@@H](O)CO. The molecule has 0 heterocycles. The number of phosphoric ester groups is 1. The Balaban J connectivity index is 2.36. The minimum absolute atomic E-state index is 0.00780. The fraction of sp³-hybridized carbons (Fsp3) is 0.860. The molecule has 374 valence electrons. The fourth-order valence-corrected chi connectivity index (χ4v) is 8.72. The molecule has 0 aromatic rings. The van der Waals surface area contributed by atoms with E-state index in [2.05, 4.69) is 25.3 Å². The topological polar surface area (TPSA) is 206 Å². The van der Waals surface area contributed by atoms with Crippen LogP contribution < -0.4 is 0 Å². The van der Waals surface area contributed by atoms with Gasteiger partial charge in [-0.3, -0.25) is 23.4 Å². The number of aliphatic hydroxyl groups is 4. The summed E-state index contributed by atoms with van der Waals surface area (Å²) in [5, 5.41) is 39.1. The van der Waals surface area contributed by atoms with Gasteiger partial charge in [0.15, 0.2) is 6.10 Å². The molecular weight excluding hydrogens is 840 g/mol. The third-order valence-corrected chi connectivity index (χ3v) is 12.9. The van der Waals surface area contributed by atoms with E-state index in [9.17, 15) is 39.2 Å². The summed E-state index contributed by atoms with van der Waals surface area (Å²) in [6, 6.07) is 0. The quantitative estimate of drug-likeness (QED) is 0.0167. The van der Waals surface area contributed by atoms with Gasteiger partial charge in [-0.05, 0) is 38.0 Å². The average molecular weight is 931 g/mol. The van der Waals surface area contributed by atoms with Crippen LogP contribution in [0.1, 0.15) is 207 Å². The first-order chi connectivity index (χ1) is 30.8. The highest BCUT2D eigenvalue weighted by Crippen LogP contribution is 2.43. The molecule has 1 aliphatic carbocycles. The Kier molecular flexibility index (Phi) is 36.7. The highest BCUT2D eigenvalue weighted by Gasteiger charge is 2.39. The minimum Gasteiger partial charge on any atom is -0.462 e. The number of carbonyl (C=O) groups is 3. The Morgan fingerprint density at radius 3 is 1.81 bits per heavy atom. The molecule has 7 atom stereocenters. The van der Waals surface area contributed by atoms with Crippen LogP contribution in [0.4, 0.5) is 0 Å². The molecule has 0 amide bonds. The van der Waals surface area contributed by atoms with E-state index in [1.165, 1.54) is 96.3 Å². The van der Waals surface area contributed by atoms with Crippen molar-refractivity contribution in [2.45, 2.75) is 231 Å². The van der Waals surface area contributed by atoms with Gasteiger partial charge in [0.25, 0.3) is 0 Å². The van der Waals surface area contributed by atoms with Gasteiger partial charge in [0.2, 0.25) is 0 Å². The van der Waals surface area contributed by atoms with Gasteiger partial charge in [0.05, 0.1) is 32.0 Å². The van der Waals surface area contributed by atoms with E-state index < -0.39 is 76.5 Å². The number of hydrogen-bond acceptors (Lipinski definition) is 12. The van der Waals surface area contributed by atoms with Gasteiger partial charge >= 0.3 is 19.8 Å². The Bertz CT molecular complexity index is 1290. The maximum Gasteiger partial charge on any atom is 0.472 e. The number of Topliss-reactive ketones (excluding diaryl/α,β-unsaturated/α-hetero) is 1. The Morgan fingerprint density at radius 2 is 1.25 bits per heavy atom. The predicted octanol–water partition coefficient (Wildman–Crippen LogP) is 10.6. The van der Waals surface area contributed by atoms with E-state index in [0.29, 0.717) is 32.1 Å². The van der Waals surface area contributed by atoms with Crippen molar-refractivity contribution in [2.75, 3.05) is 26.4 Å². The molecule has 0 spiro atoms. The fourth-order valence-electron chi connectivity index (χ4n) is 7.93. The number of unbranched alkanes of at least 4 members (excludes halogenated alkanes) is 20. The van der Waals surface area contributed by atoms with Gasteiger partial charge in [-0.25, -0.2) is 4.57 Å². The van der Waals surface area contributed by atoms with E-state index >= 15 is 0 Å². The molecule has 0 saturated heterocycles. The number of esters is 2. The number of allylic oxidation sites excluding steroid dienone is 2. The molecule has 0 aliphatic heterocycles. The van der Waals surface area contributed by atoms with E-state index in [-0.39, 0.29) is 31.0 Å². The lowest BCUT2D eigenvalue weighted by Crippen LogP contribution is -2.29. The molecular formula is C50H91O13P. The van der Waals surface area contributed by atoms with Crippen molar-refractivity contribution in [3.63, 3.8) is 0 Å². The zero-order valence-electron chi connectivity index (χ0n) is 40.1. The predicted molar refractivity (Wildman–Crippen MR) is 252 cm³/mol. The standard InChI is InChI=1S/C50H91O13P/c1-4-5-24-30-42(52)34-35-46-45(47(54)36-48(46)55)31-26-22-23-28-33-50(57)63-44(40-62-64(58,59)61-38-43(53)37-51)39-60-49(56)32-27-21-19-17-15-13-11-9-7-6-8-10-12-14-16-18-20-25-29-41(2)3/h22,26,34-35,41-46,48,51-53,55H,4-21,23-25,27-33,36-40H2,1-3H3,(H,58,59)/b26-22-,35-34+/t42-,43-,44+,45+,46+,48+/m0/s1. The third-order valence-electron chi connectivity index (χ3n) is 11.9. The molecule has 0 bridgehead atoms. The van der Waals surface area contributed by atoms with Crippen molar-refractivity contribution in [1.29, 1.82) is 0 Å². The van der Waals surface area contributed by atoms with E-state index in [0.717, 1.165) is 44.4 Å². The lowest BCUT2D eigenvalue weighted by Gasteiger charge is -2.20. The molecule has 1 aliphatic rings. The monoisotopic (exact) mass is 931 g/mol. The molecule has 0 radical (unpaired) electrons. The van der Waals surface area contributed by atoms with Crippen LogP contribution >= 0.6 is 7.82 Å². The number of aliphatic hydroxyl groups excluding tert-OH is 4. The van der Waals surface area contributed by atoms with Crippen LogP contribution in [0, 0.1) is 17.8 Å². The molecule has 1 fully saturated rings. The van der Waals surface area contributed by atoms with Crippen molar-refractivity contribution >= 4 is 25.5 Å². The lowest BCUT2D eigenvalue weighted by atomic mass is 9.90. The average Bonchev–Trinajstić information content (AvgIpc) is 3.53. The molecule has 64 heavy (non-hydrogen) atoms. The highest BCUT2D eigenvalue weighted by molar-refractivity contribution is 7.47. The Morgan fingerprint density at radius 1 is 0.719 bits per heavy atom. The third kappa shape index (κ3) is 33.5. The molecule has 14 heteroatoms. The number of ketones is 1. The summed E-state index contributed by atoms with van der Waals surface area (Å²) in [5.74, 6) is -1.07. The molecule has 0 aromatic carbocycles. The van der Waals surface area contributed by atoms with Gasteiger partial charge in [-0.2, -0.15) is 0 Å². The van der Waals surface area contributed by atoms with E-state index in [1.807, 2.05) is 12.2 Å². The van der Waals surface area contributed by atoms with Crippen molar-refractivity contribution in [2.24, 2.45) is 17.8 Å². The number of hydrogen-bond donors (Lipinski definition) is 5. The van der Waals surface area contributed by atoms with Gasteiger partial charge in [-0.1, -0.05) is 180 Å². The summed E-state index contributed by atoms with van der Waals surface area (Å²) in [7, 11) is -4.70. The second-order valence-electron chi connectivity index (χ2n) is 18.5. The van der Waals surface area contributed by atoms with E-state index in [4.69, 9.17) is 19.1 Å². The molecule has 13 nitrogen and oxygen atoms in total. The molecule has 5 N–H and O–H groups in total. The van der Waals surface area contributed by atoms with Crippen LogP contribution in [-0.2, 0) is 37.5 Å². The maximum atomic E-state index is 12.8. The molecule has 1 unspecified atom stereocenters. The molecule has 0 aromatic heterocycles. The maximum absolute atomic E-state index is 12.8. The van der Waals surface area contributed by atoms with Crippen LogP contribution in [0.5, 0.6) is 0 Å². The van der Waals surface area contributed by atoms with E-state index in [1.54, 1.807) is 12.2 Å². The number of carbonyl (C=O) groups excluding carboxylic acids is 3. The summed E-state index contributed by atoms with van der Waals surface area (Å²) in [4.78, 5) is 47.9. The first kappa shape index (κ1) is 60.1. The van der Waals surface area contributed by atoms with Gasteiger partial charge in [-0.15, -0.1) is 0 Å². The minimum atomic E-state index is -4.70. The summed E-state index contributed by atoms with van der Waals surface area (Å²) in [5.41, 5.74) is 0. The van der Waals surface area contributed by atoms with Crippen molar-refractivity contribution in [1.82, 2.24) is 0 Å². The van der Waals surface area contributed by atoms with Gasteiger partial charge in [0.1, 0.15) is 18.5 Å². The van der Waals surface area contributed by atoms with Crippen LogP contribution in [0.15, 0.2) is 24.3 Å². The number of rotatable bonds is 43. The zero-order valence-corrected chi connectivity index (χ0v) is 41.0. The Hall–Kier alpha value is -1.96. The first-order valence-electron chi connectivity index (χ1n) is 25.3. The molecule has 1 saturated carbocycles. The largest absolute Gasteiger partial charge is 0.472 e. The number of phosphoric acid groups is 1. The number of ether oxygens (including phenoxy) is 2. The van der Waals surface area contributed by atoms with Crippen molar-refractivity contribution < 1.29 is 62.8 Å². The van der Waals surface area contributed by atoms with Crippen molar-refractivity contribution in [3.8, 4) is 0 Å². The van der Waals surface area contributed by atoms with Crippen LogP contribution in [0.2, 0.25) is 0 Å². The van der Waals surface area contributed by atoms with Crippen LogP contribution in [0.25, 0.3) is 0 Å². The normalized spacial score (nSPS) is 19.1. The van der Waals surface area contributed by atoms with Crippen LogP contribution in [0.3, 0.4) is 0 Å². The van der Waals surface area contributed by atoms with Crippen molar-refractivity contribution in [3.05, 3.63) is 24.3 Å². The van der Waals surface area contributed by atoms with Gasteiger partial charge in [0, 0.05) is 31.1 Å².